The van der Waals surface area contributed by atoms with E-state index in [1.807, 2.05) is 37.1 Å². The Bertz CT molecular complexity index is 506. The molecule has 0 fully saturated rings. The van der Waals surface area contributed by atoms with Gasteiger partial charge in [0.1, 0.15) is 5.75 Å². The van der Waals surface area contributed by atoms with Crippen molar-refractivity contribution < 1.29 is 19.4 Å². The maximum absolute atomic E-state index is 10.3. The molecule has 0 aliphatic heterocycles. The van der Waals surface area contributed by atoms with E-state index < -0.39 is 5.97 Å². The molecule has 0 aromatic heterocycles. The lowest BCUT2D eigenvalue weighted by atomic mass is 10.1. The summed E-state index contributed by atoms with van der Waals surface area (Å²) in [5, 5.41) is 8.40. The van der Waals surface area contributed by atoms with Crippen molar-refractivity contribution in [3.05, 3.63) is 35.9 Å². The molecule has 4 heteroatoms. The molecule has 0 spiro atoms. The summed E-state index contributed by atoms with van der Waals surface area (Å²) in [6.07, 6.45) is 1.56. The zero-order chi connectivity index (χ0) is 13.4. The Morgan fingerprint density at radius 1 is 1.50 bits per heavy atom. The Balaban J connectivity index is 2.83. The third-order valence-electron chi connectivity index (χ3n) is 2.10. The normalized spacial score (nSPS) is 10.4. The highest BCUT2D eigenvalue weighted by Crippen LogP contribution is 2.19. The minimum absolute atomic E-state index is 0.186. The first-order valence-electron chi connectivity index (χ1n) is 5.27. The van der Waals surface area contributed by atoms with Gasteiger partial charge in [-0.2, -0.15) is 0 Å². The summed E-state index contributed by atoms with van der Waals surface area (Å²) in [4.78, 5) is 10.3. The predicted octanol–water partition coefficient (Wildman–Crippen LogP) is 2.16. The van der Waals surface area contributed by atoms with Crippen LogP contribution in [0.15, 0.2) is 30.3 Å². The van der Waals surface area contributed by atoms with Crippen molar-refractivity contribution in [2.45, 2.75) is 6.92 Å². The first-order chi connectivity index (χ1) is 8.63. The quantitative estimate of drug-likeness (QED) is 0.653. The van der Waals surface area contributed by atoms with Crippen LogP contribution in [0.2, 0.25) is 0 Å². The number of allylic oxidation sites excluding steroid dienone is 2. The molecule has 1 rings (SSSR count). The van der Waals surface area contributed by atoms with E-state index >= 15 is 0 Å². The van der Waals surface area contributed by atoms with Crippen LogP contribution in [0.1, 0.15) is 12.5 Å². The third-order valence-corrected chi connectivity index (χ3v) is 2.10. The van der Waals surface area contributed by atoms with Crippen molar-refractivity contribution in [1.82, 2.24) is 0 Å². The molecule has 1 aromatic rings. The van der Waals surface area contributed by atoms with E-state index in [0.29, 0.717) is 5.75 Å². The topological polar surface area (TPSA) is 55.8 Å². The summed E-state index contributed by atoms with van der Waals surface area (Å²) in [7, 11) is 1.55. The molecule has 4 nitrogen and oxygen atoms in total. The van der Waals surface area contributed by atoms with Gasteiger partial charge in [0.15, 0.2) is 6.79 Å². The van der Waals surface area contributed by atoms with Crippen molar-refractivity contribution >= 4 is 11.5 Å². The van der Waals surface area contributed by atoms with E-state index in [-0.39, 0.29) is 6.79 Å². The Hall–Kier alpha value is -2.25. The van der Waals surface area contributed by atoms with E-state index in [9.17, 15) is 4.79 Å². The zero-order valence-corrected chi connectivity index (χ0v) is 10.3. The van der Waals surface area contributed by atoms with Gasteiger partial charge in [0.05, 0.1) is 0 Å². The van der Waals surface area contributed by atoms with Crippen molar-refractivity contribution in [2.24, 2.45) is 0 Å². The molecule has 0 aliphatic rings. The largest absolute Gasteiger partial charge is 0.472 e. The first-order valence-corrected chi connectivity index (χ1v) is 5.27. The molecule has 0 amide bonds. The monoisotopic (exact) mass is 246 g/mol. The van der Waals surface area contributed by atoms with Crippen LogP contribution in [0.4, 0.5) is 0 Å². The van der Waals surface area contributed by atoms with Crippen LogP contribution in [-0.4, -0.2) is 25.0 Å². The minimum Gasteiger partial charge on any atom is -0.472 e. The number of methoxy groups -OCH3 is 1. The first kappa shape index (κ1) is 13.8. The highest BCUT2D eigenvalue weighted by molar-refractivity contribution is 5.87. The molecule has 0 atom stereocenters. The average Bonchev–Trinajstić information content (AvgIpc) is 2.36. The van der Waals surface area contributed by atoms with E-state index in [0.717, 1.165) is 11.1 Å². The number of carbonyl (C=O) groups is 1. The lowest BCUT2D eigenvalue weighted by Gasteiger charge is -2.06. The number of rotatable bonds is 4. The van der Waals surface area contributed by atoms with Crippen LogP contribution >= 0.6 is 0 Å². The summed E-state index contributed by atoms with van der Waals surface area (Å²) < 4.78 is 10.1. The van der Waals surface area contributed by atoms with Gasteiger partial charge in [-0.25, -0.2) is 4.79 Å². The molecule has 0 radical (unpaired) electrons. The second-order valence-corrected chi connectivity index (χ2v) is 3.48. The third kappa shape index (κ3) is 4.73. The van der Waals surface area contributed by atoms with Gasteiger partial charge < -0.3 is 14.6 Å². The Morgan fingerprint density at radius 3 is 2.94 bits per heavy atom. The van der Waals surface area contributed by atoms with Crippen molar-refractivity contribution in [1.29, 1.82) is 0 Å². The van der Waals surface area contributed by atoms with Gasteiger partial charge in [-0.05, 0) is 36.3 Å². The SMILES string of the molecule is COCOc1cccc(/C(C)=C/C#CC(=O)O)c1. The molecular formula is C14H14O4. The number of benzene rings is 1. The number of carboxylic acids is 1. The van der Waals surface area contributed by atoms with Gasteiger partial charge in [-0.15, -0.1) is 0 Å². The fourth-order valence-corrected chi connectivity index (χ4v) is 1.25. The molecule has 94 valence electrons. The van der Waals surface area contributed by atoms with Crippen molar-refractivity contribution in [2.75, 3.05) is 13.9 Å². The van der Waals surface area contributed by atoms with Crippen LogP contribution < -0.4 is 4.74 Å². The van der Waals surface area contributed by atoms with E-state index in [4.69, 9.17) is 14.6 Å². The summed E-state index contributed by atoms with van der Waals surface area (Å²) in [6, 6.07) is 7.41. The summed E-state index contributed by atoms with van der Waals surface area (Å²) in [6.45, 7) is 2.04. The van der Waals surface area contributed by atoms with Gasteiger partial charge in [0, 0.05) is 13.0 Å². The van der Waals surface area contributed by atoms with Gasteiger partial charge >= 0.3 is 5.97 Å². The van der Waals surface area contributed by atoms with Crippen LogP contribution in [-0.2, 0) is 9.53 Å². The van der Waals surface area contributed by atoms with Gasteiger partial charge in [0.25, 0.3) is 0 Å². The van der Waals surface area contributed by atoms with Gasteiger partial charge in [0.2, 0.25) is 0 Å². The lowest BCUT2D eigenvalue weighted by molar-refractivity contribution is -0.130. The number of carboxylic acid groups (broad SMARTS) is 1. The maximum atomic E-state index is 10.3. The van der Waals surface area contributed by atoms with E-state index in [1.165, 1.54) is 0 Å². The van der Waals surface area contributed by atoms with Crippen molar-refractivity contribution in [3.63, 3.8) is 0 Å². The molecule has 0 bridgehead atoms. The molecule has 0 aliphatic carbocycles. The second kappa shape index (κ2) is 7.15. The van der Waals surface area contributed by atoms with Crippen LogP contribution in [0.25, 0.3) is 5.57 Å². The Morgan fingerprint density at radius 2 is 2.28 bits per heavy atom. The lowest BCUT2D eigenvalue weighted by Crippen LogP contribution is -1.98. The Labute approximate surface area is 106 Å². The molecule has 0 saturated carbocycles. The zero-order valence-electron chi connectivity index (χ0n) is 10.3. The minimum atomic E-state index is -1.14. The average molecular weight is 246 g/mol. The van der Waals surface area contributed by atoms with E-state index in [1.54, 1.807) is 13.2 Å². The summed E-state index contributed by atoms with van der Waals surface area (Å²) in [5.74, 6) is 4.05. The van der Waals surface area contributed by atoms with Gasteiger partial charge in [-0.3, -0.25) is 0 Å². The molecule has 0 saturated heterocycles. The molecular weight excluding hydrogens is 232 g/mol. The highest BCUT2D eigenvalue weighted by atomic mass is 16.7. The molecule has 0 heterocycles. The molecule has 1 aromatic carbocycles. The Kier molecular flexibility index (Phi) is 5.49. The molecule has 0 unspecified atom stereocenters. The standard InChI is InChI=1S/C14H14O4/c1-11(5-3-8-14(15)16)12-6-4-7-13(9-12)18-10-17-2/h4-7,9H,10H2,1-2H3,(H,15,16)/b11-5+. The number of aliphatic carboxylic acids is 1. The fourth-order valence-electron chi connectivity index (χ4n) is 1.25. The van der Waals surface area contributed by atoms with Crippen molar-refractivity contribution in [3.8, 4) is 17.6 Å². The molecule has 1 N–H and O–H groups in total. The fraction of sp³-hybridized carbons (Fsp3) is 0.214. The second-order valence-electron chi connectivity index (χ2n) is 3.48. The number of ether oxygens (including phenoxy) is 2. The maximum Gasteiger partial charge on any atom is 0.382 e. The van der Waals surface area contributed by atoms with E-state index in [2.05, 4.69) is 5.92 Å². The van der Waals surface area contributed by atoms with Crippen LogP contribution in [0, 0.1) is 11.8 Å². The van der Waals surface area contributed by atoms with Crippen LogP contribution in [0.3, 0.4) is 0 Å². The van der Waals surface area contributed by atoms with Gasteiger partial charge in [-0.1, -0.05) is 18.1 Å². The van der Waals surface area contributed by atoms with Crippen LogP contribution in [0.5, 0.6) is 5.75 Å². The predicted molar refractivity (Wildman–Crippen MR) is 68.0 cm³/mol. The molecule has 18 heavy (non-hydrogen) atoms. The summed E-state index contributed by atoms with van der Waals surface area (Å²) >= 11 is 0. The highest BCUT2D eigenvalue weighted by Gasteiger charge is 1.98. The smallest absolute Gasteiger partial charge is 0.382 e. The number of hydrogen-bond acceptors (Lipinski definition) is 3. The number of hydrogen-bond donors (Lipinski definition) is 1. The summed E-state index contributed by atoms with van der Waals surface area (Å²) in [5.41, 5.74) is 1.79.